The van der Waals surface area contributed by atoms with Crippen LogP contribution in [0.1, 0.15) is 66.8 Å². The van der Waals surface area contributed by atoms with Crippen LogP contribution in [0.2, 0.25) is 0 Å². The fraction of sp³-hybridized carbons (Fsp3) is 0.455. The molecule has 22 rings (SSSR count). The molecule has 138 heavy (non-hydrogen) atoms. The zero-order chi connectivity index (χ0) is 94.0. The number of rotatable bonds is 48. The molecular formula is C66H84Na12O48P12. The molecule has 12 N–H and O–H groups in total. The summed E-state index contributed by atoms with van der Waals surface area (Å²) in [6.07, 6.45) is -18.6. The van der Waals surface area contributed by atoms with Gasteiger partial charge in [0.15, 0.2) is 0 Å². The van der Waals surface area contributed by atoms with E-state index in [0.29, 0.717) is 0 Å². The van der Waals surface area contributed by atoms with E-state index in [2.05, 4.69) is 0 Å². The largest absolute Gasteiger partial charge is 1.00 e. The third-order valence-electron chi connectivity index (χ3n) is 17.3. The van der Waals surface area contributed by atoms with Gasteiger partial charge < -0.3 is 202 Å². The molecule has 6 aromatic carbocycles. The molecule has 0 heterocycles. The van der Waals surface area contributed by atoms with Crippen LogP contribution in [0.15, 0.2) is 72.8 Å². The van der Waals surface area contributed by atoms with Crippen LogP contribution in [0.3, 0.4) is 0 Å². The van der Waals surface area contributed by atoms with Crippen molar-refractivity contribution in [2.75, 3.05) is 153 Å². The molecule has 12 bridgehead atoms. The maximum atomic E-state index is 12.5. The fourth-order valence-electron chi connectivity index (χ4n) is 11.6. The van der Waals surface area contributed by atoms with Crippen LogP contribution in [-0.2, 0) is 93.3 Å². The van der Waals surface area contributed by atoms with E-state index >= 15 is 0 Å². The zero-order valence-corrected chi connectivity index (χ0v) is 112. The average molecular weight is 2290 g/mol. The van der Waals surface area contributed by atoms with Gasteiger partial charge in [-0.2, -0.15) is 0 Å². The van der Waals surface area contributed by atoms with Gasteiger partial charge in [-0.15, -0.1) is 0 Å². The zero-order valence-electron chi connectivity index (χ0n) is 77.6. The molecule has 708 valence electrons. The molecule has 72 heteroatoms. The Morgan fingerprint density at radius 1 is 0.159 bits per heavy atom. The molecule has 0 radical (unpaired) electrons. The molecule has 6 aromatic rings. The van der Waals surface area contributed by atoms with Crippen molar-refractivity contribution in [1.82, 2.24) is 0 Å². The van der Waals surface area contributed by atoms with Crippen molar-refractivity contribution in [3.05, 3.63) is 140 Å². The van der Waals surface area contributed by atoms with E-state index in [-0.39, 0.29) is 421 Å². The van der Waals surface area contributed by atoms with Gasteiger partial charge >= 0.3 is 400 Å². The Morgan fingerprint density at radius 3 is 0.297 bits per heavy atom. The normalized spacial score (nSPS) is 12.5. The summed E-state index contributed by atoms with van der Waals surface area (Å²) in [5.41, 5.74) is -3.03. The quantitative estimate of drug-likeness (QED) is 0.0124. The Hall–Kier alpha value is 6.72. The van der Waals surface area contributed by atoms with Crippen LogP contribution < -0.4 is 470 Å². The van der Waals surface area contributed by atoms with E-state index in [0.717, 1.165) is 72.8 Å². The summed E-state index contributed by atoms with van der Waals surface area (Å²) in [6.45, 7) is -11.6. The summed E-state index contributed by atoms with van der Waals surface area (Å²) in [7, 11) is -63.5. The Bertz CT molecular complexity index is 4290. The van der Waals surface area contributed by atoms with Crippen LogP contribution in [0.5, 0.6) is 69.0 Å². The smallest absolute Gasteiger partial charge is 0.811 e. The van der Waals surface area contributed by atoms with Gasteiger partial charge in [0.1, 0.15) is 69.0 Å². The second-order valence-electron chi connectivity index (χ2n) is 28.0. The minimum absolute atomic E-state index is 0. The molecule has 0 saturated heterocycles. The SMILES string of the molecule is O=P([O-])([O-])CCOc1cc2c(OCCP(=O)([O-])[O-])cc1Cc1cc(OCCP(=O)([O-])[O-])c(cc1OCCP(=O)([O-])[O-])Cc1cc(OCCP(=O)(O)O)c(cc1OCCP(=O)(O)O)Cc1cc(OCCP(=O)(O)O)c(cc1OCCP(=O)(O)O)Cc1cc(OCCP(=O)(O)O)c(cc1OCCP(=O)(O)O)Cc1cc(OCCP(=O)([O-])[O-])c(cc1OCCP(=O)([O-])[O-])C2.[Na+].[Na+].[Na+].[Na+].[Na+].[Na+].[Na+].[Na+].[Na+].[Na+].[Na+].[Na+]. The minimum Gasteiger partial charge on any atom is -0.811 e. The molecular weight excluding hydrogens is 2210 g/mol. The fourth-order valence-corrected chi connectivity index (χ4v) is 15.5. The van der Waals surface area contributed by atoms with Crippen molar-refractivity contribution in [3.63, 3.8) is 0 Å². The van der Waals surface area contributed by atoms with Gasteiger partial charge in [0, 0.05) is 142 Å². The van der Waals surface area contributed by atoms with Crippen LogP contribution >= 0.6 is 91.1 Å². The van der Waals surface area contributed by atoms with Crippen LogP contribution in [0.25, 0.3) is 0 Å². The van der Waals surface area contributed by atoms with Gasteiger partial charge in [0.2, 0.25) is 0 Å². The van der Waals surface area contributed by atoms with E-state index < -0.39 is 352 Å². The maximum Gasteiger partial charge on any atom is 1.00 e. The van der Waals surface area contributed by atoms with E-state index in [4.69, 9.17) is 56.8 Å². The van der Waals surface area contributed by atoms with Gasteiger partial charge in [-0.25, -0.2) is 0 Å². The number of benzene rings is 6. The first-order chi connectivity index (χ1) is 57.8. The Labute approximate surface area is 1060 Å². The summed E-state index contributed by atoms with van der Waals surface area (Å²) in [5, 5.41) is 0. The van der Waals surface area contributed by atoms with Crippen LogP contribution in [0, 0.1) is 0 Å². The second kappa shape index (κ2) is 69.8. The van der Waals surface area contributed by atoms with Gasteiger partial charge in [-0.05, 0) is 72.8 Å². The molecule has 48 nitrogen and oxygen atoms in total. The van der Waals surface area contributed by atoms with Crippen molar-refractivity contribution < 1.29 is 584 Å². The topological polar surface area (TPSA) is 835 Å². The predicted molar refractivity (Wildman–Crippen MR) is 418 cm³/mol. The molecule has 0 atom stereocenters. The first kappa shape index (κ1) is 155. The molecule has 0 spiro atoms. The Morgan fingerprint density at radius 2 is 0.232 bits per heavy atom. The van der Waals surface area contributed by atoms with E-state index in [1.165, 1.54) is 0 Å². The molecule has 0 amide bonds. The summed E-state index contributed by atoms with van der Waals surface area (Å²) in [5.74, 6) is -5.58. The monoisotopic (exact) mass is 2290 g/mol. The predicted octanol–water partition coefficient (Wildman–Crippen LogP) is -39.3. The minimum atomic E-state index is -5.55. The molecule has 0 saturated carbocycles. The number of hydrogen-bond donors (Lipinski definition) is 12. The van der Waals surface area contributed by atoms with Crippen molar-refractivity contribution >= 4 is 91.1 Å². The Kier molecular flexibility index (Phi) is 78.6. The molecule has 0 aliphatic heterocycles. The number of ether oxygens (including phenoxy) is 12. The maximum absolute atomic E-state index is 12.5. The average Bonchev–Trinajstić information content (AvgIpc) is 0.782. The first-order valence-electron chi connectivity index (χ1n) is 36.7. The molecule has 16 aliphatic carbocycles. The van der Waals surface area contributed by atoms with Gasteiger partial charge in [-0.1, -0.05) is 45.6 Å². The standard InChI is InChI=1S/C66H96O48P12.12Na/c67-115(68,69)13-1-103-55-31-44-26-46-34-60(108-6-18-120(82,83)84)48(36-59(46)107-5-17-119(79,80)81)28-50-38-64(112-10-22-124(94,95)96)52(40-63(50)111-9-21-123(91,92)93)30-54-42-65(113-11-23-125(97,98)99)53(41-66(54)114-12-24-126(100,101)102)29-51-39-61(109-7-19-121(85,86)87)49(37-62(51)110-8-20-122(88,89)90)27-47-35-57(105-3-15-117(73,74)75)45(33-58(47)106-4-16-118(76,77)78)25-43(55)32-56(44)104-2-14-116(70,71)72;;;;;;;;;;;;/h31-42H,1-30H2,(H2,67,68,69)(H2,70,71,72)(H2,73,74,75)(H2,76,77,78)(H2,79,80,81)(H2,82,83,84)(H2,85,86,87)(H2,88,89,90)(H2,91,92,93)(H2,94,95,96)(H2,97,98,99)(H2,100,101,102);;;;;;;;;;;;/q;12*+1/p-12. The van der Waals surface area contributed by atoms with Crippen molar-refractivity contribution in [2.45, 2.75) is 38.5 Å². The number of hydrogen-bond acceptors (Lipinski definition) is 36. The first-order valence-corrected chi connectivity index (χ1v) is 57.8. The Balaban J connectivity index is -0.00000363. The summed E-state index contributed by atoms with van der Waals surface area (Å²) in [6, 6.07) is 12.8. The van der Waals surface area contributed by atoms with E-state index in [1.807, 2.05) is 0 Å². The van der Waals surface area contributed by atoms with E-state index in [9.17, 15) is 172 Å². The molecule has 0 fully saturated rings. The van der Waals surface area contributed by atoms with Crippen molar-refractivity contribution in [1.29, 1.82) is 0 Å². The van der Waals surface area contributed by atoms with Crippen molar-refractivity contribution in [3.8, 4) is 69.0 Å². The molecule has 16 aliphatic rings. The van der Waals surface area contributed by atoms with Crippen LogP contribution in [-0.4, -0.2) is 212 Å². The van der Waals surface area contributed by atoms with Gasteiger partial charge in [0.05, 0.1) is 116 Å². The third kappa shape index (κ3) is 64.6. The summed E-state index contributed by atoms with van der Waals surface area (Å²) in [4.78, 5) is 269. The van der Waals surface area contributed by atoms with Gasteiger partial charge in [-0.3, -0.25) is 27.4 Å². The molecule has 0 aromatic heterocycles. The van der Waals surface area contributed by atoms with Gasteiger partial charge in [0.25, 0.3) is 0 Å². The van der Waals surface area contributed by atoms with Crippen LogP contribution in [0.4, 0.5) is 0 Å². The van der Waals surface area contributed by atoms with Crippen molar-refractivity contribution in [2.24, 2.45) is 0 Å². The third-order valence-corrected chi connectivity index (χ3v) is 26.3. The van der Waals surface area contributed by atoms with E-state index in [1.54, 1.807) is 0 Å². The summed E-state index contributed by atoms with van der Waals surface area (Å²) >= 11 is 0. The molecule has 0 unspecified atom stereocenters. The summed E-state index contributed by atoms with van der Waals surface area (Å²) < 4.78 is 221. The second-order valence-corrected chi connectivity index (χ2v) is 48.7.